The van der Waals surface area contributed by atoms with Gasteiger partial charge in [-0.25, -0.2) is 22.2 Å². The number of nitrogens with zero attached hydrogens (tertiary/aromatic N) is 2. The Hall–Kier alpha value is -3.52. The molecular formula is C21H15FN2O4S. The molecule has 146 valence electrons. The second-order valence-electron chi connectivity index (χ2n) is 6.22. The fourth-order valence-electron chi connectivity index (χ4n) is 3.14. The number of hydrogen-bond donors (Lipinski definition) is 0. The molecule has 0 unspecified atom stereocenters. The Morgan fingerprint density at radius 2 is 1.72 bits per heavy atom. The molecule has 6 nitrogen and oxygen atoms in total. The lowest BCUT2D eigenvalue weighted by molar-refractivity contribution is 0.0600. The first-order valence-corrected chi connectivity index (χ1v) is 10.0. The molecule has 0 aliphatic heterocycles. The second-order valence-corrected chi connectivity index (χ2v) is 8.03. The minimum atomic E-state index is -3.99. The molecule has 4 rings (SSSR count). The Morgan fingerprint density at radius 3 is 2.41 bits per heavy atom. The zero-order chi connectivity index (χ0) is 20.6. The van der Waals surface area contributed by atoms with Crippen LogP contribution in [-0.4, -0.2) is 30.5 Å². The van der Waals surface area contributed by atoms with Gasteiger partial charge in [-0.05, 0) is 42.5 Å². The summed E-state index contributed by atoms with van der Waals surface area (Å²) in [6, 6.07) is 15.4. The Morgan fingerprint density at radius 1 is 1.00 bits per heavy atom. The van der Waals surface area contributed by atoms with Crippen LogP contribution in [0.1, 0.15) is 10.4 Å². The van der Waals surface area contributed by atoms with Gasteiger partial charge in [0.25, 0.3) is 10.0 Å². The van der Waals surface area contributed by atoms with Gasteiger partial charge in [0.1, 0.15) is 0 Å². The van der Waals surface area contributed by atoms with Gasteiger partial charge in [0.2, 0.25) is 5.95 Å². The largest absolute Gasteiger partial charge is 0.465 e. The molecule has 0 saturated carbocycles. The number of carbonyl (C=O) groups excluding carboxylic acids is 1. The van der Waals surface area contributed by atoms with Crippen molar-refractivity contribution in [2.45, 2.75) is 4.90 Å². The van der Waals surface area contributed by atoms with Gasteiger partial charge in [0.05, 0.1) is 23.1 Å². The Kier molecular flexibility index (Phi) is 4.63. The van der Waals surface area contributed by atoms with Crippen molar-refractivity contribution in [1.82, 2.24) is 8.96 Å². The van der Waals surface area contributed by atoms with Gasteiger partial charge in [-0.3, -0.25) is 0 Å². The highest BCUT2D eigenvalue weighted by molar-refractivity contribution is 7.90. The van der Waals surface area contributed by atoms with Crippen LogP contribution >= 0.6 is 0 Å². The first-order chi connectivity index (χ1) is 13.9. The third-order valence-corrected chi connectivity index (χ3v) is 6.25. The van der Waals surface area contributed by atoms with Crippen LogP contribution in [0.3, 0.4) is 0 Å². The molecular weight excluding hydrogens is 395 g/mol. The van der Waals surface area contributed by atoms with E-state index in [-0.39, 0.29) is 16.0 Å². The maximum Gasteiger partial charge on any atom is 0.337 e. The number of ether oxygens (including phenoxy) is 1. The summed E-state index contributed by atoms with van der Waals surface area (Å²) in [6.45, 7) is 0. The lowest BCUT2D eigenvalue weighted by Crippen LogP contribution is -2.12. The molecule has 2 heterocycles. The quantitative estimate of drug-likeness (QED) is 0.377. The number of benzene rings is 2. The van der Waals surface area contributed by atoms with E-state index < -0.39 is 21.9 Å². The van der Waals surface area contributed by atoms with Gasteiger partial charge in [-0.15, -0.1) is 0 Å². The van der Waals surface area contributed by atoms with E-state index in [1.165, 1.54) is 43.8 Å². The van der Waals surface area contributed by atoms with Crippen LogP contribution in [0.25, 0.3) is 22.0 Å². The summed E-state index contributed by atoms with van der Waals surface area (Å²) in [5.41, 5.74) is 1.27. The molecule has 0 saturated heterocycles. The van der Waals surface area contributed by atoms with Crippen LogP contribution in [0.5, 0.6) is 0 Å². The highest BCUT2D eigenvalue weighted by Crippen LogP contribution is 2.33. The Balaban J connectivity index is 1.90. The summed E-state index contributed by atoms with van der Waals surface area (Å²) in [5.74, 6) is -1.25. The van der Waals surface area contributed by atoms with Crippen LogP contribution in [0.2, 0.25) is 0 Å². The number of methoxy groups -OCH3 is 1. The third kappa shape index (κ3) is 3.17. The summed E-state index contributed by atoms with van der Waals surface area (Å²) in [5, 5.41) is 0.578. The van der Waals surface area contributed by atoms with E-state index in [4.69, 9.17) is 0 Å². The number of halogens is 1. The first kappa shape index (κ1) is 18.8. The van der Waals surface area contributed by atoms with Crippen LogP contribution < -0.4 is 0 Å². The van der Waals surface area contributed by atoms with Gasteiger partial charge in [0, 0.05) is 28.9 Å². The van der Waals surface area contributed by atoms with Crippen LogP contribution in [0.15, 0.2) is 78.0 Å². The van der Waals surface area contributed by atoms with E-state index in [0.29, 0.717) is 16.5 Å². The average Bonchev–Trinajstić information content (AvgIpc) is 3.14. The number of carbonyl (C=O) groups is 1. The molecule has 29 heavy (non-hydrogen) atoms. The van der Waals surface area contributed by atoms with E-state index >= 15 is 0 Å². The van der Waals surface area contributed by atoms with Crippen molar-refractivity contribution in [3.05, 3.63) is 84.6 Å². The summed E-state index contributed by atoms with van der Waals surface area (Å²) >= 11 is 0. The summed E-state index contributed by atoms with van der Waals surface area (Å²) in [4.78, 5) is 15.2. The van der Waals surface area contributed by atoms with Crippen molar-refractivity contribution in [2.75, 3.05) is 7.11 Å². The summed E-state index contributed by atoms with van der Waals surface area (Å²) in [6.07, 6.45) is 2.71. The van der Waals surface area contributed by atoms with Gasteiger partial charge < -0.3 is 4.74 Å². The second kappa shape index (κ2) is 7.14. The van der Waals surface area contributed by atoms with E-state index in [1.807, 2.05) is 0 Å². The minimum absolute atomic E-state index is 0.0101. The van der Waals surface area contributed by atoms with Crippen molar-refractivity contribution in [1.29, 1.82) is 0 Å². The van der Waals surface area contributed by atoms with E-state index in [1.54, 1.807) is 36.4 Å². The zero-order valence-corrected chi connectivity index (χ0v) is 16.1. The van der Waals surface area contributed by atoms with Crippen LogP contribution in [0, 0.1) is 5.95 Å². The molecule has 0 N–H and O–H groups in total. The number of fused-ring (bicyclic) bond motifs is 1. The number of para-hydroxylation sites is 1. The molecule has 0 aliphatic carbocycles. The molecule has 8 heteroatoms. The van der Waals surface area contributed by atoms with Crippen LogP contribution in [-0.2, 0) is 14.8 Å². The zero-order valence-electron chi connectivity index (χ0n) is 15.2. The van der Waals surface area contributed by atoms with Gasteiger partial charge in [0.15, 0.2) is 0 Å². The monoisotopic (exact) mass is 410 g/mol. The predicted molar refractivity (Wildman–Crippen MR) is 105 cm³/mol. The summed E-state index contributed by atoms with van der Waals surface area (Å²) < 4.78 is 46.5. The minimum Gasteiger partial charge on any atom is -0.465 e. The van der Waals surface area contributed by atoms with Gasteiger partial charge >= 0.3 is 5.97 Å². The molecule has 0 spiro atoms. The topological polar surface area (TPSA) is 78.3 Å². The standard InChI is InChI=1S/C21H15FN2O4S/c1-28-21(25)14-8-10-15(11-9-14)29(26,27)24-13-18(16-5-2-3-7-19(16)24)17-6-4-12-23-20(17)22/h2-13H,1H3. The normalized spacial score (nSPS) is 11.5. The van der Waals surface area contributed by atoms with Crippen molar-refractivity contribution in [3.63, 3.8) is 0 Å². The number of rotatable bonds is 4. The van der Waals surface area contributed by atoms with Crippen LogP contribution in [0.4, 0.5) is 4.39 Å². The maximum atomic E-state index is 14.3. The van der Waals surface area contributed by atoms with Crippen molar-refractivity contribution >= 4 is 26.9 Å². The number of aromatic nitrogens is 2. The SMILES string of the molecule is COC(=O)c1ccc(S(=O)(=O)n2cc(-c3cccnc3F)c3ccccc32)cc1. The Bertz CT molecular complexity index is 1330. The fraction of sp³-hybridized carbons (Fsp3) is 0.0476. The molecule has 0 atom stereocenters. The molecule has 0 fully saturated rings. The van der Waals surface area contributed by atoms with Gasteiger partial charge in [-0.1, -0.05) is 18.2 Å². The van der Waals surface area contributed by atoms with E-state index in [2.05, 4.69) is 9.72 Å². The molecule has 0 aliphatic rings. The van der Waals surface area contributed by atoms with Crippen molar-refractivity contribution in [2.24, 2.45) is 0 Å². The number of esters is 1. The smallest absolute Gasteiger partial charge is 0.337 e. The number of pyridine rings is 1. The molecule has 0 amide bonds. The van der Waals surface area contributed by atoms with E-state index in [9.17, 15) is 17.6 Å². The lowest BCUT2D eigenvalue weighted by Gasteiger charge is -2.08. The first-order valence-electron chi connectivity index (χ1n) is 8.58. The highest BCUT2D eigenvalue weighted by atomic mass is 32.2. The molecule has 2 aromatic carbocycles. The maximum absolute atomic E-state index is 14.3. The van der Waals surface area contributed by atoms with Crippen molar-refractivity contribution in [3.8, 4) is 11.1 Å². The average molecular weight is 410 g/mol. The third-order valence-electron chi connectivity index (χ3n) is 4.56. The molecule has 0 bridgehead atoms. The Labute approximate surface area is 166 Å². The van der Waals surface area contributed by atoms with Crippen molar-refractivity contribution < 1.29 is 22.3 Å². The molecule has 2 aromatic heterocycles. The lowest BCUT2D eigenvalue weighted by atomic mass is 10.1. The predicted octanol–water partition coefficient (Wildman–Crippen LogP) is 3.87. The fourth-order valence-corrected chi connectivity index (χ4v) is 4.51. The molecule has 4 aromatic rings. The highest BCUT2D eigenvalue weighted by Gasteiger charge is 2.23. The number of hydrogen-bond acceptors (Lipinski definition) is 5. The summed E-state index contributed by atoms with van der Waals surface area (Å²) in [7, 11) is -2.75. The molecule has 0 radical (unpaired) electrons. The van der Waals surface area contributed by atoms with E-state index in [0.717, 1.165) is 3.97 Å². The van der Waals surface area contributed by atoms with Gasteiger partial charge in [-0.2, -0.15) is 4.39 Å².